The molecule has 0 radical (unpaired) electrons. The molecule has 0 bridgehead atoms. The number of hydrogen-bond acceptors (Lipinski definition) is 1. The summed E-state index contributed by atoms with van der Waals surface area (Å²) in [5.74, 6) is -1.08. The number of rotatable bonds is 0. The first-order valence-corrected chi connectivity index (χ1v) is 4.87. The van der Waals surface area contributed by atoms with E-state index in [0.717, 1.165) is 0 Å². The summed E-state index contributed by atoms with van der Waals surface area (Å²) in [4.78, 5) is 0. The summed E-state index contributed by atoms with van der Waals surface area (Å²) >= 11 is 2.09. The van der Waals surface area contributed by atoms with Crippen LogP contribution in [0.25, 0.3) is 0 Å². The standard InChI is InChI=1S/C7H11F3IN/c1-5-4-6(7(8,9)10)2-3-12(5)11/h5-6H,2-4H2,1H3. The van der Waals surface area contributed by atoms with Gasteiger partial charge in [-0.3, -0.25) is 0 Å². The highest BCUT2D eigenvalue weighted by atomic mass is 127. The van der Waals surface area contributed by atoms with Crippen LogP contribution in [-0.4, -0.2) is 21.9 Å². The Bertz CT molecular complexity index is 159. The molecule has 0 aromatic rings. The van der Waals surface area contributed by atoms with E-state index in [2.05, 4.69) is 22.9 Å². The quantitative estimate of drug-likeness (QED) is 0.490. The normalized spacial score (nSPS) is 33.8. The molecule has 1 saturated heterocycles. The van der Waals surface area contributed by atoms with E-state index in [1.807, 2.05) is 10.0 Å². The van der Waals surface area contributed by atoms with E-state index in [1.54, 1.807) is 0 Å². The van der Waals surface area contributed by atoms with Crippen molar-refractivity contribution in [3.63, 3.8) is 0 Å². The van der Waals surface area contributed by atoms with Gasteiger partial charge in [0, 0.05) is 35.5 Å². The molecule has 0 aromatic heterocycles. The molecule has 0 aliphatic carbocycles. The number of alkyl halides is 3. The zero-order chi connectivity index (χ0) is 9.35. The summed E-state index contributed by atoms with van der Waals surface area (Å²) in [6.45, 7) is 2.39. The molecular formula is C7H11F3IN. The lowest BCUT2D eigenvalue weighted by atomic mass is 9.93. The van der Waals surface area contributed by atoms with Crippen molar-refractivity contribution in [3.05, 3.63) is 0 Å². The Morgan fingerprint density at radius 1 is 1.42 bits per heavy atom. The van der Waals surface area contributed by atoms with Crippen molar-refractivity contribution >= 4 is 22.9 Å². The van der Waals surface area contributed by atoms with Crippen LogP contribution in [0.1, 0.15) is 19.8 Å². The highest BCUT2D eigenvalue weighted by Crippen LogP contribution is 2.37. The van der Waals surface area contributed by atoms with Crippen LogP contribution in [-0.2, 0) is 0 Å². The topological polar surface area (TPSA) is 3.24 Å². The molecule has 0 spiro atoms. The second-order valence-corrected chi connectivity index (χ2v) is 4.47. The second kappa shape index (κ2) is 3.69. The Kier molecular flexibility index (Phi) is 3.25. The smallest absolute Gasteiger partial charge is 0.245 e. The third-order valence-corrected chi connectivity index (χ3v) is 3.69. The minimum Gasteiger partial charge on any atom is -0.245 e. The van der Waals surface area contributed by atoms with Crippen LogP contribution in [0.15, 0.2) is 0 Å². The maximum atomic E-state index is 12.2. The van der Waals surface area contributed by atoms with Crippen molar-refractivity contribution in [2.45, 2.75) is 32.0 Å². The fourth-order valence-corrected chi connectivity index (χ4v) is 1.95. The molecule has 2 unspecified atom stereocenters. The molecule has 1 aliphatic heterocycles. The largest absolute Gasteiger partial charge is 0.391 e. The van der Waals surface area contributed by atoms with Crippen molar-refractivity contribution in [1.82, 2.24) is 3.11 Å². The van der Waals surface area contributed by atoms with Gasteiger partial charge < -0.3 is 0 Å². The molecule has 1 aliphatic rings. The van der Waals surface area contributed by atoms with Gasteiger partial charge in [0.05, 0.1) is 5.92 Å². The monoisotopic (exact) mass is 293 g/mol. The molecule has 72 valence electrons. The Hall–Kier alpha value is 0.480. The molecule has 2 atom stereocenters. The lowest BCUT2D eigenvalue weighted by Crippen LogP contribution is -2.39. The first kappa shape index (κ1) is 10.6. The van der Waals surface area contributed by atoms with Gasteiger partial charge in [-0.1, -0.05) is 0 Å². The highest BCUT2D eigenvalue weighted by Gasteiger charge is 2.42. The molecule has 1 rings (SSSR count). The summed E-state index contributed by atoms with van der Waals surface area (Å²) in [7, 11) is 0. The van der Waals surface area contributed by atoms with Crippen molar-refractivity contribution in [1.29, 1.82) is 0 Å². The maximum Gasteiger partial charge on any atom is 0.391 e. The predicted molar refractivity (Wildman–Crippen MR) is 49.0 cm³/mol. The summed E-state index contributed by atoms with van der Waals surface area (Å²) in [6.07, 6.45) is -3.50. The number of hydrogen-bond donors (Lipinski definition) is 0. The Morgan fingerprint density at radius 2 is 2.00 bits per heavy atom. The van der Waals surface area contributed by atoms with E-state index in [-0.39, 0.29) is 18.9 Å². The lowest BCUT2D eigenvalue weighted by molar-refractivity contribution is -0.185. The van der Waals surface area contributed by atoms with Gasteiger partial charge in [-0.2, -0.15) is 13.2 Å². The molecular weight excluding hydrogens is 282 g/mol. The molecule has 0 saturated carbocycles. The molecule has 1 heterocycles. The molecule has 12 heavy (non-hydrogen) atoms. The molecule has 0 N–H and O–H groups in total. The Labute approximate surface area is 83.8 Å². The SMILES string of the molecule is CC1CC(C(F)(F)F)CCN1I. The second-order valence-electron chi connectivity index (χ2n) is 3.24. The molecule has 1 fully saturated rings. The number of piperidine rings is 1. The van der Waals surface area contributed by atoms with Crippen LogP contribution in [0.3, 0.4) is 0 Å². The minimum absolute atomic E-state index is 0.0472. The van der Waals surface area contributed by atoms with Crippen LogP contribution in [0.2, 0.25) is 0 Å². The van der Waals surface area contributed by atoms with Gasteiger partial charge in [0.2, 0.25) is 0 Å². The first-order valence-electron chi connectivity index (χ1n) is 3.90. The van der Waals surface area contributed by atoms with Gasteiger partial charge in [0.15, 0.2) is 0 Å². The fourth-order valence-electron chi connectivity index (χ4n) is 1.44. The van der Waals surface area contributed by atoms with E-state index in [9.17, 15) is 13.2 Å². The van der Waals surface area contributed by atoms with Gasteiger partial charge >= 0.3 is 6.18 Å². The van der Waals surface area contributed by atoms with Crippen molar-refractivity contribution < 1.29 is 13.2 Å². The number of halogens is 4. The van der Waals surface area contributed by atoms with Gasteiger partial charge in [-0.05, 0) is 19.8 Å². The van der Waals surface area contributed by atoms with Crippen LogP contribution in [0.4, 0.5) is 13.2 Å². The van der Waals surface area contributed by atoms with E-state index >= 15 is 0 Å². The third-order valence-electron chi connectivity index (χ3n) is 2.26. The molecule has 5 heteroatoms. The van der Waals surface area contributed by atoms with E-state index in [4.69, 9.17) is 0 Å². The average molecular weight is 293 g/mol. The Morgan fingerprint density at radius 3 is 2.42 bits per heavy atom. The number of nitrogens with zero attached hydrogens (tertiary/aromatic N) is 1. The lowest BCUT2D eigenvalue weighted by Gasteiger charge is -2.34. The van der Waals surface area contributed by atoms with Crippen molar-refractivity contribution in [2.75, 3.05) is 6.54 Å². The highest BCUT2D eigenvalue weighted by molar-refractivity contribution is 14.1. The first-order chi connectivity index (χ1) is 5.41. The van der Waals surface area contributed by atoms with Crippen LogP contribution < -0.4 is 0 Å². The molecule has 0 amide bonds. The predicted octanol–water partition coefficient (Wildman–Crippen LogP) is 3.00. The van der Waals surface area contributed by atoms with Crippen LogP contribution in [0, 0.1) is 5.92 Å². The van der Waals surface area contributed by atoms with Gasteiger partial charge in [0.1, 0.15) is 0 Å². The van der Waals surface area contributed by atoms with Crippen LogP contribution in [0.5, 0.6) is 0 Å². The molecule has 0 aromatic carbocycles. The fraction of sp³-hybridized carbons (Fsp3) is 1.00. The van der Waals surface area contributed by atoms with Gasteiger partial charge in [0.25, 0.3) is 0 Å². The minimum atomic E-state index is -3.99. The van der Waals surface area contributed by atoms with E-state index in [0.29, 0.717) is 6.54 Å². The molecule has 1 nitrogen and oxygen atoms in total. The summed E-state index contributed by atoms with van der Waals surface area (Å²) in [5.41, 5.74) is 0. The summed E-state index contributed by atoms with van der Waals surface area (Å²) in [5, 5.41) is 0. The zero-order valence-electron chi connectivity index (χ0n) is 6.74. The van der Waals surface area contributed by atoms with Crippen molar-refractivity contribution in [2.24, 2.45) is 5.92 Å². The zero-order valence-corrected chi connectivity index (χ0v) is 8.89. The van der Waals surface area contributed by atoms with Gasteiger partial charge in [-0.25, -0.2) is 3.11 Å². The summed E-state index contributed by atoms with van der Waals surface area (Å²) in [6, 6.07) is 0.0472. The maximum absolute atomic E-state index is 12.2. The van der Waals surface area contributed by atoms with E-state index in [1.165, 1.54) is 0 Å². The van der Waals surface area contributed by atoms with Crippen molar-refractivity contribution in [3.8, 4) is 0 Å². The van der Waals surface area contributed by atoms with Crippen LogP contribution >= 0.6 is 22.9 Å². The average Bonchev–Trinajstić information content (AvgIpc) is 1.92. The van der Waals surface area contributed by atoms with Gasteiger partial charge in [-0.15, -0.1) is 0 Å². The third kappa shape index (κ3) is 2.48. The summed E-state index contributed by atoms with van der Waals surface area (Å²) < 4.78 is 38.6. The van der Waals surface area contributed by atoms with E-state index < -0.39 is 12.1 Å². The Balaban J connectivity index is 2.51.